The van der Waals surface area contributed by atoms with Crippen LogP contribution in [-0.2, 0) is 26.2 Å². The molecule has 0 unspecified atom stereocenters. The lowest BCUT2D eigenvalue weighted by Crippen LogP contribution is -2.13. The first kappa shape index (κ1) is 74.0. The molecule has 0 spiro atoms. The van der Waals surface area contributed by atoms with Crippen molar-refractivity contribution in [3.63, 3.8) is 0 Å². The van der Waals surface area contributed by atoms with E-state index in [0.717, 1.165) is 109 Å². The second kappa shape index (κ2) is 33.9. The maximum atomic E-state index is 13.4. The number of para-hydroxylation sites is 4. The van der Waals surface area contributed by atoms with E-state index < -0.39 is 17.5 Å². The van der Waals surface area contributed by atoms with Crippen LogP contribution >= 0.6 is 11.6 Å². The van der Waals surface area contributed by atoms with Crippen molar-refractivity contribution in [3.05, 3.63) is 399 Å². The fourth-order valence-electron chi connectivity index (χ4n) is 12.9. The fourth-order valence-corrected chi connectivity index (χ4v) is 13.1. The fraction of sp³-hybridized carbons (Fsp3) is 0.108. The van der Waals surface area contributed by atoms with E-state index in [1.165, 1.54) is 51.2 Å². The summed E-state index contributed by atoms with van der Waals surface area (Å²) in [5.41, 5.74) is 21.0. The second-order valence-electron chi connectivity index (χ2n) is 27.2. The molecule has 0 fully saturated rings. The summed E-state index contributed by atoms with van der Waals surface area (Å²) in [6.45, 7) is 15.2. The number of pyridine rings is 1. The van der Waals surface area contributed by atoms with Gasteiger partial charge in [-0.2, -0.15) is 0 Å². The van der Waals surface area contributed by atoms with E-state index in [9.17, 15) is 28.0 Å². The molecule has 0 bridgehead atoms. The van der Waals surface area contributed by atoms with Crippen LogP contribution in [0.15, 0.2) is 304 Å². The molecule has 5 aromatic heterocycles. The molecule has 109 heavy (non-hydrogen) atoms. The normalized spacial score (nSPS) is 10.9. The molecule has 5 heterocycles. The highest BCUT2D eigenvalue weighted by Crippen LogP contribution is 2.32. The molecule has 0 atom stereocenters. The van der Waals surface area contributed by atoms with Crippen LogP contribution < -0.4 is 21.3 Å². The van der Waals surface area contributed by atoms with Gasteiger partial charge in [-0.3, -0.25) is 24.2 Å². The number of fused-ring (bicyclic) bond motifs is 4. The quantitative estimate of drug-likeness (QED) is 0.0760. The van der Waals surface area contributed by atoms with E-state index in [2.05, 4.69) is 181 Å². The number of hydrogen-bond donors (Lipinski definition) is 4. The van der Waals surface area contributed by atoms with E-state index in [-0.39, 0.29) is 29.0 Å². The molecule has 13 nitrogen and oxygen atoms in total. The van der Waals surface area contributed by atoms with Crippen molar-refractivity contribution >= 4 is 102 Å². The summed E-state index contributed by atoms with van der Waals surface area (Å²) in [4.78, 5) is 54.5. The van der Waals surface area contributed by atoms with Gasteiger partial charge in [0.25, 0.3) is 23.6 Å². The zero-order chi connectivity index (χ0) is 76.1. The molecule has 16 heteroatoms. The van der Waals surface area contributed by atoms with Crippen molar-refractivity contribution in [1.29, 1.82) is 0 Å². The number of rotatable bonds is 16. The van der Waals surface area contributed by atoms with Gasteiger partial charge in [0.15, 0.2) is 11.6 Å². The van der Waals surface area contributed by atoms with Crippen LogP contribution in [0.5, 0.6) is 0 Å². The van der Waals surface area contributed by atoms with Gasteiger partial charge in [-0.25, -0.2) is 8.78 Å². The molecule has 0 saturated heterocycles. The van der Waals surface area contributed by atoms with Gasteiger partial charge >= 0.3 is 0 Å². The predicted molar refractivity (Wildman–Crippen MR) is 439 cm³/mol. The first-order valence-corrected chi connectivity index (χ1v) is 36.2. The third-order valence-electron chi connectivity index (χ3n) is 18.8. The maximum absolute atomic E-state index is 13.4. The van der Waals surface area contributed by atoms with Crippen LogP contribution in [0.25, 0.3) is 43.6 Å². The number of carbonyl (C=O) groups excluding carboxylic acids is 4. The van der Waals surface area contributed by atoms with Gasteiger partial charge in [-0.05, 0) is 143 Å². The molecule has 0 aliphatic rings. The van der Waals surface area contributed by atoms with Crippen molar-refractivity contribution in [2.24, 2.45) is 0 Å². The summed E-state index contributed by atoms with van der Waals surface area (Å²) < 4.78 is 35.1. The number of anilines is 4. The van der Waals surface area contributed by atoms with Crippen molar-refractivity contribution in [3.8, 4) is 0 Å². The molecule has 0 radical (unpaired) electrons. The Balaban J connectivity index is 0.000000128. The molecule has 16 aromatic rings. The average Bonchev–Trinajstić information content (AvgIpc) is 1.67. The lowest BCUT2D eigenvalue weighted by Gasteiger charge is -2.06. The minimum Gasteiger partial charge on any atom is -0.341 e. The standard InChI is InChI=1S/2C24H22N2O.C23H18F2N2O.C22H18ClN3O/c1-17-10-12-19(13-11-17)15-26-16-22(21-8-3-4-9-23(21)26)25-24(27)20-7-5-6-18(2)14-20;1-17-7-11-19(12-8-17)15-26-16-22(21-5-3-4-6-23(21)26)25-24(27)20-13-9-18(2)10-14-20;1-15-6-8-16(9-7-15)13-27-14-21(18-4-2-3-5-22(18)27)26-23(28)17-10-11-19(24)20(25)12-17;1-15-6-8-16(9-7-15)13-26-14-20(18-4-2-3-5-21(18)26)25-22(27)19-12-17(23)10-11-24-19/h2*3-14,16H,15H2,1-2H3,(H,25,27);2-12,14H,13H2,1H3,(H,26,28);2-12,14H,13H2,1H3,(H,25,27). The molecule has 542 valence electrons. The molecule has 4 amide bonds. The van der Waals surface area contributed by atoms with Gasteiger partial charge < -0.3 is 39.5 Å². The Morgan fingerprint density at radius 3 is 0.963 bits per heavy atom. The number of hydrogen-bond acceptors (Lipinski definition) is 5. The summed E-state index contributed by atoms with van der Waals surface area (Å²) in [7, 11) is 0. The van der Waals surface area contributed by atoms with Crippen molar-refractivity contribution in [2.45, 2.75) is 67.7 Å². The van der Waals surface area contributed by atoms with Gasteiger partial charge in [-0.1, -0.05) is 239 Å². The number of halogens is 3. The van der Waals surface area contributed by atoms with Crippen molar-refractivity contribution in [2.75, 3.05) is 21.3 Å². The number of amides is 4. The summed E-state index contributed by atoms with van der Waals surface area (Å²) in [5.74, 6) is -2.97. The molecule has 0 aliphatic carbocycles. The van der Waals surface area contributed by atoms with Crippen LogP contribution in [0.2, 0.25) is 5.02 Å². The average molecular weight is 1460 g/mol. The Bertz CT molecular complexity index is 5760. The monoisotopic (exact) mass is 1460 g/mol. The molecule has 16 rings (SSSR count). The van der Waals surface area contributed by atoms with Gasteiger partial charge in [-0.15, -0.1) is 0 Å². The molecular weight excluding hydrogens is 1380 g/mol. The van der Waals surface area contributed by atoms with E-state index in [0.29, 0.717) is 28.4 Å². The lowest BCUT2D eigenvalue weighted by molar-refractivity contribution is 0.101. The third kappa shape index (κ3) is 18.5. The van der Waals surface area contributed by atoms with Gasteiger partial charge in [0.1, 0.15) is 5.69 Å². The Hall–Kier alpha value is -13.2. The van der Waals surface area contributed by atoms with E-state index in [1.54, 1.807) is 12.1 Å². The summed E-state index contributed by atoms with van der Waals surface area (Å²) in [5, 5.41) is 16.4. The van der Waals surface area contributed by atoms with Crippen LogP contribution in [0, 0.1) is 53.2 Å². The van der Waals surface area contributed by atoms with Crippen molar-refractivity contribution < 1.29 is 28.0 Å². The Kier molecular flexibility index (Phi) is 23.0. The minimum atomic E-state index is -1.05. The first-order chi connectivity index (χ1) is 52.8. The number of aromatic nitrogens is 5. The highest BCUT2D eigenvalue weighted by Gasteiger charge is 2.19. The number of carbonyl (C=O) groups is 4. The molecule has 4 N–H and O–H groups in total. The highest BCUT2D eigenvalue weighted by molar-refractivity contribution is 6.31. The van der Waals surface area contributed by atoms with E-state index in [1.807, 2.05) is 173 Å². The highest BCUT2D eigenvalue weighted by atomic mass is 35.5. The Labute approximate surface area is 636 Å². The SMILES string of the molecule is Cc1ccc(Cn2cc(NC(=O)c3cc(Cl)ccn3)c3ccccc32)cc1.Cc1ccc(Cn2cc(NC(=O)c3ccc(C)cc3)c3ccccc32)cc1.Cc1ccc(Cn2cc(NC(=O)c3ccc(F)c(F)c3)c3ccccc32)cc1.Cc1ccc(Cn2cc(NC(=O)c3cccc(C)c3)c3ccccc32)cc1. The van der Waals surface area contributed by atoms with Crippen LogP contribution in [0.4, 0.5) is 31.5 Å². The van der Waals surface area contributed by atoms with Crippen LogP contribution in [0.1, 0.15) is 97.2 Å². The smallest absolute Gasteiger partial charge is 0.274 e. The lowest BCUT2D eigenvalue weighted by atomic mass is 10.1. The maximum Gasteiger partial charge on any atom is 0.274 e. The zero-order valence-electron chi connectivity index (χ0n) is 61.2. The summed E-state index contributed by atoms with van der Waals surface area (Å²) in [6.07, 6.45) is 9.40. The van der Waals surface area contributed by atoms with Gasteiger partial charge in [0.2, 0.25) is 0 Å². The Morgan fingerprint density at radius 2 is 0.624 bits per heavy atom. The first-order valence-electron chi connectivity index (χ1n) is 35.8. The van der Waals surface area contributed by atoms with E-state index >= 15 is 0 Å². The minimum absolute atomic E-state index is 0.0641. The Morgan fingerprint density at radius 1 is 0.312 bits per heavy atom. The van der Waals surface area contributed by atoms with Crippen LogP contribution in [-0.4, -0.2) is 46.9 Å². The summed E-state index contributed by atoms with van der Waals surface area (Å²) >= 11 is 5.97. The second-order valence-corrected chi connectivity index (χ2v) is 27.7. The molecule has 0 saturated carbocycles. The zero-order valence-corrected chi connectivity index (χ0v) is 62.0. The molecule has 11 aromatic carbocycles. The van der Waals surface area contributed by atoms with E-state index in [4.69, 9.17) is 11.6 Å². The number of benzene rings is 11. The molecular formula is C93H80ClF2N9O4. The predicted octanol–water partition coefficient (Wildman–Crippen LogP) is 21.9. The van der Waals surface area contributed by atoms with Crippen molar-refractivity contribution in [1.82, 2.24) is 23.3 Å². The summed E-state index contributed by atoms with van der Waals surface area (Å²) in [6, 6.07) is 87.5. The topological polar surface area (TPSA) is 149 Å². The van der Waals surface area contributed by atoms with Crippen LogP contribution in [0.3, 0.4) is 0 Å². The number of nitrogens with zero attached hydrogens (tertiary/aromatic N) is 5. The largest absolute Gasteiger partial charge is 0.341 e. The number of nitrogens with one attached hydrogen (secondary N) is 4. The number of aryl methyl sites for hydroxylation is 6. The van der Waals surface area contributed by atoms with Gasteiger partial charge in [0.05, 0.1) is 44.8 Å². The van der Waals surface area contributed by atoms with Gasteiger partial charge in [0, 0.05) is 100 Å². The molecule has 0 aliphatic heterocycles. The third-order valence-corrected chi connectivity index (χ3v) is 19.0.